The zero-order chi connectivity index (χ0) is 20.0. The number of hydrogen-bond donors (Lipinski definition) is 2. The fourth-order valence-corrected chi connectivity index (χ4v) is 2.96. The lowest BCUT2D eigenvalue weighted by Gasteiger charge is -2.10. The van der Waals surface area contributed by atoms with Crippen molar-refractivity contribution < 1.29 is 9.59 Å². The summed E-state index contributed by atoms with van der Waals surface area (Å²) < 4.78 is 1.82. The van der Waals surface area contributed by atoms with E-state index in [1.165, 1.54) is 0 Å². The first kappa shape index (κ1) is 20.2. The van der Waals surface area contributed by atoms with Gasteiger partial charge in [-0.25, -0.2) is 0 Å². The molecule has 0 fully saturated rings. The topological polar surface area (TPSA) is 99.8 Å². The Balaban J connectivity index is 2.04. The zero-order valence-electron chi connectivity index (χ0n) is 16.2. The van der Waals surface area contributed by atoms with Crippen molar-refractivity contribution in [2.75, 3.05) is 12.4 Å². The molecule has 0 unspecified atom stereocenters. The molecule has 0 aliphatic rings. The van der Waals surface area contributed by atoms with Gasteiger partial charge in [0.15, 0.2) is 0 Å². The molecule has 0 aliphatic heterocycles. The molecule has 0 atom stereocenters. The van der Waals surface area contributed by atoms with Gasteiger partial charge in [0.1, 0.15) is 0 Å². The number of carbonyl (C=O) groups excluding carboxylic acids is 2. The van der Waals surface area contributed by atoms with Crippen LogP contribution in [0.4, 0.5) is 5.69 Å². The van der Waals surface area contributed by atoms with Crippen LogP contribution in [0.3, 0.4) is 0 Å². The van der Waals surface area contributed by atoms with E-state index in [2.05, 4.69) is 21.8 Å². The van der Waals surface area contributed by atoms with Crippen molar-refractivity contribution in [2.45, 2.75) is 46.6 Å². The first-order valence-electron chi connectivity index (χ1n) is 8.89. The molecule has 7 nitrogen and oxygen atoms in total. The maximum absolute atomic E-state index is 12.4. The van der Waals surface area contributed by atoms with Gasteiger partial charge in [0, 0.05) is 30.4 Å². The van der Waals surface area contributed by atoms with Gasteiger partial charge in [-0.3, -0.25) is 14.3 Å². The first-order chi connectivity index (χ1) is 12.9. The number of rotatable bonds is 7. The molecular formula is C20H25N5O2. The van der Waals surface area contributed by atoms with Gasteiger partial charge in [-0.2, -0.15) is 10.4 Å². The number of anilines is 1. The van der Waals surface area contributed by atoms with Gasteiger partial charge in [-0.05, 0) is 50.5 Å². The molecule has 142 valence electrons. The summed E-state index contributed by atoms with van der Waals surface area (Å²) in [4.78, 5) is 24.2. The summed E-state index contributed by atoms with van der Waals surface area (Å²) in [7, 11) is 1.57. The number of nitriles is 1. The van der Waals surface area contributed by atoms with Gasteiger partial charge in [-0.15, -0.1) is 0 Å². The van der Waals surface area contributed by atoms with Crippen molar-refractivity contribution in [1.29, 1.82) is 5.26 Å². The summed E-state index contributed by atoms with van der Waals surface area (Å²) in [5.74, 6) is -0.308. The van der Waals surface area contributed by atoms with Crippen LogP contribution in [0, 0.1) is 32.1 Å². The predicted octanol–water partition coefficient (Wildman–Crippen LogP) is 2.65. The standard InChI is InChI=1S/C20H25N5O2/c1-13-6-7-16(20(27)22-4)12-18(13)23-19(26)9-8-17-14(2)24-25(15(17)3)11-5-10-21/h6-7,12H,5,8-9,11H2,1-4H3,(H,22,27)(H,23,26). The van der Waals surface area contributed by atoms with Gasteiger partial charge < -0.3 is 10.6 Å². The molecular weight excluding hydrogens is 342 g/mol. The van der Waals surface area contributed by atoms with Crippen LogP contribution < -0.4 is 10.6 Å². The van der Waals surface area contributed by atoms with Gasteiger partial charge in [0.25, 0.3) is 5.91 Å². The summed E-state index contributed by atoms with van der Waals surface area (Å²) in [5.41, 5.74) is 4.96. The number of amides is 2. The van der Waals surface area contributed by atoms with Crippen LogP contribution in [0.25, 0.3) is 0 Å². The van der Waals surface area contributed by atoms with Crippen molar-refractivity contribution >= 4 is 17.5 Å². The molecule has 2 rings (SSSR count). The average Bonchev–Trinajstić information content (AvgIpc) is 2.92. The Kier molecular flexibility index (Phi) is 6.72. The SMILES string of the molecule is CNC(=O)c1ccc(C)c(NC(=O)CCc2c(C)nn(CCC#N)c2C)c1. The van der Waals surface area contributed by atoms with Crippen LogP contribution in [0.15, 0.2) is 18.2 Å². The minimum atomic E-state index is -0.193. The molecule has 1 heterocycles. The minimum absolute atomic E-state index is 0.115. The number of hydrogen-bond acceptors (Lipinski definition) is 4. The summed E-state index contributed by atoms with van der Waals surface area (Å²) >= 11 is 0. The highest BCUT2D eigenvalue weighted by atomic mass is 16.2. The maximum atomic E-state index is 12.4. The lowest BCUT2D eigenvalue weighted by molar-refractivity contribution is -0.116. The summed E-state index contributed by atoms with van der Waals surface area (Å²) in [6.07, 6.45) is 1.29. The van der Waals surface area contributed by atoms with E-state index in [1.54, 1.807) is 19.2 Å². The van der Waals surface area contributed by atoms with Crippen LogP contribution >= 0.6 is 0 Å². The Labute approximate surface area is 159 Å². The van der Waals surface area contributed by atoms with E-state index in [-0.39, 0.29) is 11.8 Å². The highest BCUT2D eigenvalue weighted by Crippen LogP contribution is 2.19. The number of benzene rings is 1. The number of aryl methyl sites for hydroxylation is 3. The Morgan fingerprint density at radius 3 is 2.67 bits per heavy atom. The van der Waals surface area contributed by atoms with E-state index in [0.29, 0.717) is 37.1 Å². The molecule has 0 radical (unpaired) electrons. The molecule has 0 bridgehead atoms. The number of nitrogens with zero attached hydrogens (tertiary/aromatic N) is 3. The first-order valence-corrected chi connectivity index (χ1v) is 8.89. The van der Waals surface area contributed by atoms with Crippen molar-refractivity contribution in [3.05, 3.63) is 46.3 Å². The largest absolute Gasteiger partial charge is 0.355 e. The Hall–Kier alpha value is -3.14. The highest BCUT2D eigenvalue weighted by Gasteiger charge is 2.14. The Morgan fingerprint density at radius 1 is 1.26 bits per heavy atom. The van der Waals surface area contributed by atoms with Crippen molar-refractivity contribution in [3.63, 3.8) is 0 Å². The fourth-order valence-electron chi connectivity index (χ4n) is 2.96. The molecule has 7 heteroatoms. The molecule has 2 N–H and O–H groups in total. The summed E-state index contributed by atoms with van der Waals surface area (Å²) in [5, 5.41) is 18.7. The molecule has 1 aromatic heterocycles. The fraction of sp³-hybridized carbons (Fsp3) is 0.400. The number of carbonyl (C=O) groups is 2. The van der Waals surface area contributed by atoms with Gasteiger partial charge in [-0.1, -0.05) is 6.07 Å². The van der Waals surface area contributed by atoms with Crippen LogP contribution in [-0.2, 0) is 17.8 Å². The second kappa shape index (κ2) is 8.99. The third-order valence-corrected chi connectivity index (χ3v) is 4.57. The summed E-state index contributed by atoms with van der Waals surface area (Å²) in [6, 6.07) is 7.34. The summed E-state index contributed by atoms with van der Waals surface area (Å²) in [6.45, 7) is 6.32. The minimum Gasteiger partial charge on any atom is -0.355 e. The monoisotopic (exact) mass is 367 g/mol. The van der Waals surface area contributed by atoms with Crippen LogP contribution in [0.1, 0.15) is 45.7 Å². The molecule has 27 heavy (non-hydrogen) atoms. The maximum Gasteiger partial charge on any atom is 0.251 e. The second-order valence-corrected chi connectivity index (χ2v) is 6.44. The average molecular weight is 367 g/mol. The van der Waals surface area contributed by atoms with Crippen LogP contribution in [-0.4, -0.2) is 28.6 Å². The second-order valence-electron chi connectivity index (χ2n) is 6.44. The molecule has 1 aromatic carbocycles. The Morgan fingerprint density at radius 2 is 2.00 bits per heavy atom. The van der Waals surface area contributed by atoms with E-state index < -0.39 is 0 Å². The lowest BCUT2D eigenvalue weighted by atomic mass is 10.1. The number of nitrogens with one attached hydrogen (secondary N) is 2. The van der Waals surface area contributed by atoms with Crippen molar-refractivity contribution in [1.82, 2.24) is 15.1 Å². The van der Waals surface area contributed by atoms with Gasteiger partial charge in [0.2, 0.25) is 5.91 Å². The number of aromatic nitrogens is 2. The van der Waals surface area contributed by atoms with Crippen LogP contribution in [0.2, 0.25) is 0 Å². The molecule has 0 aliphatic carbocycles. The molecule has 0 spiro atoms. The highest BCUT2D eigenvalue weighted by molar-refractivity contribution is 5.97. The third-order valence-electron chi connectivity index (χ3n) is 4.57. The molecule has 0 saturated heterocycles. The lowest BCUT2D eigenvalue weighted by Crippen LogP contribution is -2.19. The van der Waals surface area contributed by atoms with Gasteiger partial charge in [0.05, 0.1) is 24.7 Å². The van der Waals surface area contributed by atoms with E-state index in [9.17, 15) is 9.59 Å². The van der Waals surface area contributed by atoms with Gasteiger partial charge >= 0.3 is 0 Å². The molecule has 2 amide bonds. The quantitative estimate of drug-likeness (QED) is 0.786. The van der Waals surface area contributed by atoms with E-state index in [0.717, 1.165) is 22.5 Å². The third kappa shape index (κ3) is 4.94. The normalized spacial score (nSPS) is 10.3. The van der Waals surface area contributed by atoms with E-state index in [4.69, 9.17) is 5.26 Å². The van der Waals surface area contributed by atoms with E-state index in [1.807, 2.05) is 31.5 Å². The van der Waals surface area contributed by atoms with E-state index >= 15 is 0 Å². The smallest absolute Gasteiger partial charge is 0.251 e. The Bertz CT molecular complexity index is 893. The zero-order valence-corrected chi connectivity index (χ0v) is 16.2. The predicted molar refractivity (Wildman–Crippen MR) is 103 cm³/mol. The molecule has 2 aromatic rings. The molecule has 0 saturated carbocycles. The van der Waals surface area contributed by atoms with Crippen molar-refractivity contribution in [3.8, 4) is 6.07 Å². The van der Waals surface area contributed by atoms with Crippen molar-refractivity contribution in [2.24, 2.45) is 0 Å². The van der Waals surface area contributed by atoms with Crippen LogP contribution in [0.5, 0.6) is 0 Å².